The summed E-state index contributed by atoms with van der Waals surface area (Å²) in [7, 11) is 0. The molecular weight excluding hydrogens is 430 g/mol. The van der Waals surface area contributed by atoms with Crippen LogP contribution < -0.4 is 5.32 Å². The lowest BCUT2D eigenvalue weighted by molar-refractivity contribution is -0.106. The number of aromatic nitrogens is 1. The van der Waals surface area contributed by atoms with E-state index in [9.17, 15) is 4.79 Å². The van der Waals surface area contributed by atoms with Gasteiger partial charge in [-0.05, 0) is 28.3 Å². The van der Waals surface area contributed by atoms with Crippen LogP contribution in [0.25, 0.3) is 0 Å². The van der Waals surface area contributed by atoms with E-state index in [1.54, 1.807) is 5.38 Å². The topological polar surface area (TPSA) is 74.6 Å². The number of nitrogens with zero attached hydrogens (tertiary/aromatic N) is 2. The molecule has 154 valence electrons. The van der Waals surface area contributed by atoms with E-state index in [0.717, 1.165) is 16.7 Å². The number of hydrogen-bond donors (Lipinski definition) is 2. The summed E-state index contributed by atoms with van der Waals surface area (Å²) in [6.45, 7) is 0. The maximum atomic E-state index is 11.6. The Morgan fingerprint density at radius 2 is 1.32 bits per heavy atom. The Morgan fingerprint density at radius 3 is 1.71 bits per heavy atom. The van der Waals surface area contributed by atoms with Gasteiger partial charge in [0.25, 0.3) is 5.24 Å². The minimum atomic E-state index is -0.875. The van der Waals surface area contributed by atoms with E-state index in [0.29, 0.717) is 5.13 Å². The van der Waals surface area contributed by atoms with Gasteiger partial charge in [0, 0.05) is 5.38 Å². The predicted octanol–water partition coefficient (Wildman–Crippen LogP) is 5.49. The zero-order valence-corrected chi connectivity index (χ0v) is 17.8. The van der Waals surface area contributed by atoms with E-state index >= 15 is 0 Å². The molecule has 0 spiro atoms. The van der Waals surface area contributed by atoms with E-state index in [1.807, 2.05) is 54.6 Å². The number of carbonyl (C=O) groups is 1. The van der Waals surface area contributed by atoms with Crippen molar-refractivity contribution in [3.05, 3.63) is 119 Å². The lowest BCUT2D eigenvalue weighted by Gasteiger charge is -2.36. The van der Waals surface area contributed by atoms with Crippen molar-refractivity contribution in [2.45, 2.75) is 5.54 Å². The predicted molar refractivity (Wildman–Crippen MR) is 124 cm³/mol. The summed E-state index contributed by atoms with van der Waals surface area (Å²) in [4.78, 5) is 16.0. The molecule has 0 fully saturated rings. The van der Waals surface area contributed by atoms with Crippen molar-refractivity contribution in [2.24, 2.45) is 5.16 Å². The van der Waals surface area contributed by atoms with Crippen LogP contribution in [0.2, 0.25) is 0 Å². The third kappa shape index (κ3) is 4.08. The van der Waals surface area contributed by atoms with Crippen LogP contribution in [-0.2, 0) is 10.3 Å². The van der Waals surface area contributed by atoms with Crippen LogP contribution >= 0.6 is 22.9 Å². The van der Waals surface area contributed by atoms with Crippen LogP contribution in [0.4, 0.5) is 5.13 Å². The molecule has 0 amide bonds. The number of nitrogens with one attached hydrogen (secondary N) is 1. The molecule has 0 saturated carbocycles. The second kappa shape index (κ2) is 9.12. The molecule has 2 N–H and O–H groups in total. The molecule has 1 heterocycles. The van der Waals surface area contributed by atoms with Crippen molar-refractivity contribution in [3.8, 4) is 0 Å². The standard InChI is InChI=1S/C24H18ClN3O2S/c25-22(29)21(28-30)20-16-31-23(26-20)27-24(17-10-4-1-5-11-17,18-12-6-2-7-13-18)19-14-8-3-9-15-19/h1-16,30H,(H,26,27)/b28-21-. The molecule has 0 aliphatic rings. The van der Waals surface area contributed by atoms with E-state index in [4.69, 9.17) is 16.8 Å². The molecule has 0 unspecified atom stereocenters. The Morgan fingerprint density at radius 1 is 0.871 bits per heavy atom. The van der Waals surface area contributed by atoms with Crippen molar-refractivity contribution in [1.29, 1.82) is 0 Å². The van der Waals surface area contributed by atoms with Gasteiger partial charge in [0.05, 0.1) is 0 Å². The van der Waals surface area contributed by atoms with Gasteiger partial charge in [-0.25, -0.2) is 4.98 Å². The van der Waals surface area contributed by atoms with Crippen molar-refractivity contribution < 1.29 is 10.0 Å². The Balaban J connectivity index is 1.91. The first-order chi connectivity index (χ1) is 15.1. The zero-order chi connectivity index (χ0) is 21.7. The molecule has 1 aromatic heterocycles. The van der Waals surface area contributed by atoms with Crippen LogP contribution in [0.15, 0.2) is 102 Å². The number of hydrogen-bond acceptors (Lipinski definition) is 6. The largest absolute Gasteiger partial charge is 0.410 e. The highest BCUT2D eigenvalue weighted by atomic mass is 35.5. The molecule has 0 aliphatic heterocycles. The van der Waals surface area contributed by atoms with Gasteiger partial charge in [0.1, 0.15) is 11.2 Å². The van der Waals surface area contributed by atoms with E-state index in [1.165, 1.54) is 11.3 Å². The van der Waals surface area contributed by atoms with Crippen LogP contribution in [0, 0.1) is 0 Å². The highest BCUT2D eigenvalue weighted by molar-refractivity contribution is 7.14. The third-order valence-corrected chi connectivity index (χ3v) is 5.88. The van der Waals surface area contributed by atoms with Gasteiger partial charge < -0.3 is 10.5 Å². The van der Waals surface area contributed by atoms with E-state index in [2.05, 4.69) is 51.9 Å². The highest BCUT2D eigenvalue weighted by Gasteiger charge is 2.37. The first-order valence-corrected chi connectivity index (χ1v) is 10.7. The molecule has 3 aromatic carbocycles. The fourth-order valence-electron chi connectivity index (χ4n) is 3.57. The summed E-state index contributed by atoms with van der Waals surface area (Å²) < 4.78 is 0. The zero-order valence-electron chi connectivity index (χ0n) is 16.3. The second-order valence-corrected chi connectivity index (χ2v) is 7.93. The van der Waals surface area contributed by atoms with Crippen molar-refractivity contribution in [1.82, 2.24) is 4.98 Å². The van der Waals surface area contributed by atoms with Crippen molar-refractivity contribution in [2.75, 3.05) is 5.32 Å². The number of carbonyl (C=O) groups excluding carboxylic acids is 1. The number of thiazole rings is 1. The minimum Gasteiger partial charge on any atom is -0.410 e. The molecule has 7 heteroatoms. The lowest BCUT2D eigenvalue weighted by atomic mass is 9.77. The average molecular weight is 448 g/mol. The monoisotopic (exact) mass is 447 g/mol. The lowest BCUT2D eigenvalue weighted by Crippen LogP contribution is -2.38. The van der Waals surface area contributed by atoms with Gasteiger partial charge in [0.15, 0.2) is 10.8 Å². The Labute approximate surface area is 188 Å². The summed E-state index contributed by atoms with van der Waals surface area (Å²) in [6, 6.07) is 30.2. The smallest absolute Gasteiger partial charge is 0.276 e. The summed E-state index contributed by atoms with van der Waals surface area (Å²) in [6.07, 6.45) is 0. The highest BCUT2D eigenvalue weighted by Crippen LogP contribution is 2.40. The molecule has 5 nitrogen and oxygen atoms in total. The molecule has 31 heavy (non-hydrogen) atoms. The van der Waals surface area contributed by atoms with E-state index in [-0.39, 0.29) is 11.4 Å². The van der Waals surface area contributed by atoms with Crippen molar-refractivity contribution >= 4 is 39.0 Å². The van der Waals surface area contributed by atoms with Crippen LogP contribution in [0.5, 0.6) is 0 Å². The fraction of sp³-hybridized carbons (Fsp3) is 0.0417. The quantitative estimate of drug-likeness (QED) is 0.129. The Kier molecular flexibility index (Phi) is 6.11. The number of anilines is 1. The average Bonchev–Trinajstić information content (AvgIpc) is 3.27. The second-order valence-electron chi connectivity index (χ2n) is 6.73. The first-order valence-electron chi connectivity index (χ1n) is 9.47. The van der Waals surface area contributed by atoms with Gasteiger partial charge in [-0.3, -0.25) is 4.79 Å². The van der Waals surface area contributed by atoms with Gasteiger partial charge in [-0.15, -0.1) is 11.3 Å². The van der Waals surface area contributed by atoms with Gasteiger partial charge >= 0.3 is 0 Å². The number of rotatable bonds is 7. The maximum absolute atomic E-state index is 11.6. The van der Waals surface area contributed by atoms with Gasteiger partial charge in [-0.2, -0.15) is 0 Å². The number of benzene rings is 3. The van der Waals surface area contributed by atoms with Crippen LogP contribution in [0.1, 0.15) is 22.4 Å². The SMILES string of the molecule is O=C(Cl)/C(=N\O)c1csc(NC(c2ccccc2)(c2ccccc2)c2ccccc2)n1. The molecule has 4 rings (SSSR count). The molecule has 0 bridgehead atoms. The van der Waals surface area contributed by atoms with Crippen LogP contribution in [-0.4, -0.2) is 21.1 Å². The molecule has 0 saturated heterocycles. The Hall–Kier alpha value is -3.48. The van der Waals surface area contributed by atoms with E-state index < -0.39 is 10.8 Å². The third-order valence-electron chi connectivity index (χ3n) is 4.95. The molecule has 4 aromatic rings. The van der Waals surface area contributed by atoms with Crippen LogP contribution in [0.3, 0.4) is 0 Å². The van der Waals surface area contributed by atoms with Gasteiger partial charge in [-0.1, -0.05) is 96.2 Å². The molecule has 0 atom stereocenters. The summed E-state index contributed by atoms with van der Waals surface area (Å²) in [5, 5.41) is 17.0. The molecule has 0 aliphatic carbocycles. The maximum Gasteiger partial charge on any atom is 0.276 e. The van der Waals surface area contributed by atoms with Gasteiger partial charge in [0.2, 0.25) is 0 Å². The summed E-state index contributed by atoms with van der Waals surface area (Å²) >= 11 is 6.82. The summed E-state index contributed by atoms with van der Waals surface area (Å²) in [5.41, 5.74) is 2.23. The van der Waals surface area contributed by atoms with Crippen molar-refractivity contribution in [3.63, 3.8) is 0 Å². The molecule has 0 radical (unpaired) electrons. The minimum absolute atomic E-state index is 0.207. The number of halogens is 1. The summed E-state index contributed by atoms with van der Waals surface area (Å²) in [5.74, 6) is 0. The number of oxime groups is 1. The molecular formula is C24H18ClN3O2S. The normalized spacial score (nSPS) is 11.8. The fourth-order valence-corrected chi connectivity index (χ4v) is 4.46. The Bertz CT molecular complexity index is 1100. The first kappa shape index (κ1) is 20.8.